The summed E-state index contributed by atoms with van der Waals surface area (Å²) in [7, 11) is 1.61. The highest BCUT2D eigenvalue weighted by Crippen LogP contribution is 2.35. The zero-order valence-electron chi connectivity index (χ0n) is 14.4. The number of rotatable bonds is 5. The van der Waals surface area contributed by atoms with Crippen molar-refractivity contribution in [3.05, 3.63) is 22.7 Å². The normalized spacial score (nSPS) is 24.7. The van der Waals surface area contributed by atoms with Crippen LogP contribution < -0.4 is 11.0 Å². The van der Waals surface area contributed by atoms with Gasteiger partial charge in [-0.05, 0) is 36.7 Å². The number of anilines is 1. The molecule has 0 saturated heterocycles. The van der Waals surface area contributed by atoms with Crippen LogP contribution in [0.4, 0.5) is 5.82 Å². The summed E-state index contributed by atoms with van der Waals surface area (Å²) >= 11 is 0. The van der Waals surface area contributed by atoms with Crippen molar-refractivity contribution in [1.29, 1.82) is 0 Å². The van der Waals surface area contributed by atoms with Crippen LogP contribution in [-0.2, 0) is 16.6 Å². The molecule has 1 aromatic heterocycles. The summed E-state index contributed by atoms with van der Waals surface area (Å²) in [6.07, 6.45) is 5.08. The molecule has 1 fully saturated rings. The van der Waals surface area contributed by atoms with Crippen molar-refractivity contribution in [1.82, 2.24) is 9.55 Å². The molecule has 6 heteroatoms. The number of carbonyl (C=O) groups is 1. The van der Waals surface area contributed by atoms with E-state index in [0.717, 1.165) is 12.8 Å². The summed E-state index contributed by atoms with van der Waals surface area (Å²) in [5.74, 6) is 1.68. The lowest BCUT2D eigenvalue weighted by molar-refractivity contribution is -0.126. The SMILES string of the molecule is CC1CCC(C(C)C)C(OCC(=O)Nc2ccn(C)c(=O)n2)C1. The first-order valence-electron chi connectivity index (χ1n) is 8.32. The molecule has 1 heterocycles. The van der Waals surface area contributed by atoms with Crippen molar-refractivity contribution >= 4 is 11.7 Å². The Balaban J connectivity index is 1.89. The first-order valence-corrected chi connectivity index (χ1v) is 8.32. The molecule has 1 N–H and O–H groups in total. The number of nitrogens with one attached hydrogen (secondary N) is 1. The molecule has 23 heavy (non-hydrogen) atoms. The summed E-state index contributed by atoms with van der Waals surface area (Å²) in [5.41, 5.74) is -0.398. The molecule has 128 valence electrons. The predicted molar refractivity (Wildman–Crippen MR) is 89.2 cm³/mol. The summed E-state index contributed by atoms with van der Waals surface area (Å²) in [4.78, 5) is 27.3. The fourth-order valence-electron chi connectivity index (χ4n) is 3.20. The Morgan fingerprint density at radius 2 is 2.22 bits per heavy atom. The van der Waals surface area contributed by atoms with Crippen LogP contribution in [0.25, 0.3) is 0 Å². The number of aryl methyl sites for hydroxylation is 1. The minimum Gasteiger partial charge on any atom is -0.368 e. The second-order valence-electron chi connectivity index (χ2n) is 6.93. The number of carbonyl (C=O) groups excluding carboxylic acids is 1. The monoisotopic (exact) mass is 321 g/mol. The molecule has 1 aliphatic carbocycles. The first kappa shape index (κ1) is 17.7. The molecule has 1 saturated carbocycles. The Bertz CT molecular complexity index is 597. The van der Waals surface area contributed by atoms with E-state index in [-0.39, 0.29) is 24.4 Å². The van der Waals surface area contributed by atoms with Crippen LogP contribution in [0.15, 0.2) is 17.1 Å². The van der Waals surface area contributed by atoms with Crippen molar-refractivity contribution in [3.8, 4) is 0 Å². The number of nitrogens with zero attached hydrogens (tertiary/aromatic N) is 2. The van der Waals surface area contributed by atoms with E-state index >= 15 is 0 Å². The fraction of sp³-hybridized carbons (Fsp3) is 0.706. The lowest BCUT2D eigenvalue weighted by atomic mass is 9.75. The average molecular weight is 321 g/mol. The molecule has 1 amide bonds. The van der Waals surface area contributed by atoms with E-state index in [2.05, 4.69) is 31.1 Å². The molecule has 2 rings (SSSR count). The topological polar surface area (TPSA) is 73.2 Å². The van der Waals surface area contributed by atoms with E-state index in [1.54, 1.807) is 19.3 Å². The maximum atomic E-state index is 12.0. The Morgan fingerprint density at radius 1 is 1.48 bits per heavy atom. The maximum absolute atomic E-state index is 12.0. The number of ether oxygens (including phenoxy) is 1. The molecular formula is C17H27N3O3. The number of aromatic nitrogens is 2. The van der Waals surface area contributed by atoms with Crippen LogP contribution in [-0.4, -0.2) is 28.2 Å². The minimum atomic E-state index is -0.398. The second-order valence-corrected chi connectivity index (χ2v) is 6.93. The summed E-state index contributed by atoms with van der Waals surface area (Å²) < 4.78 is 7.24. The van der Waals surface area contributed by atoms with Gasteiger partial charge in [0.15, 0.2) is 0 Å². The van der Waals surface area contributed by atoms with E-state index in [1.165, 1.54) is 11.0 Å². The first-order chi connectivity index (χ1) is 10.9. The predicted octanol–water partition coefficient (Wildman–Crippen LogP) is 2.20. The zero-order chi connectivity index (χ0) is 17.0. The van der Waals surface area contributed by atoms with E-state index in [1.807, 2.05) is 0 Å². The summed E-state index contributed by atoms with van der Waals surface area (Å²) in [6, 6.07) is 1.60. The molecule has 3 unspecified atom stereocenters. The highest BCUT2D eigenvalue weighted by Gasteiger charge is 2.31. The van der Waals surface area contributed by atoms with Crippen LogP contribution >= 0.6 is 0 Å². The van der Waals surface area contributed by atoms with Gasteiger partial charge >= 0.3 is 5.69 Å². The van der Waals surface area contributed by atoms with E-state index in [9.17, 15) is 9.59 Å². The third-order valence-electron chi connectivity index (χ3n) is 4.63. The standard InChI is InChI=1S/C17H27N3O3/c1-11(2)13-6-5-12(3)9-14(13)23-10-16(21)18-15-7-8-20(4)17(22)19-15/h7-8,11-14H,5-6,9-10H2,1-4H3,(H,18,19,21,22). The number of amides is 1. The Hall–Kier alpha value is -1.69. The largest absolute Gasteiger partial charge is 0.368 e. The molecule has 0 radical (unpaired) electrons. The van der Waals surface area contributed by atoms with Gasteiger partial charge in [0.05, 0.1) is 6.10 Å². The molecule has 0 bridgehead atoms. The maximum Gasteiger partial charge on any atom is 0.349 e. The van der Waals surface area contributed by atoms with Crippen LogP contribution in [0, 0.1) is 17.8 Å². The lowest BCUT2D eigenvalue weighted by Gasteiger charge is -2.37. The molecule has 0 aliphatic heterocycles. The van der Waals surface area contributed by atoms with Crippen molar-refractivity contribution in [3.63, 3.8) is 0 Å². The van der Waals surface area contributed by atoms with Crippen molar-refractivity contribution in [2.24, 2.45) is 24.8 Å². The highest BCUT2D eigenvalue weighted by atomic mass is 16.5. The van der Waals surface area contributed by atoms with Gasteiger partial charge in [0, 0.05) is 13.2 Å². The van der Waals surface area contributed by atoms with Gasteiger partial charge in [-0.2, -0.15) is 4.98 Å². The third-order valence-corrected chi connectivity index (χ3v) is 4.63. The van der Waals surface area contributed by atoms with Crippen molar-refractivity contribution in [2.45, 2.75) is 46.1 Å². The lowest BCUT2D eigenvalue weighted by Crippen LogP contribution is -2.36. The van der Waals surface area contributed by atoms with Crippen LogP contribution in [0.2, 0.25) is 0 Å². The van der Waals surface area contributed by atoms with Gasteiger partial charge in [-0.25, -0.2) is 4.79 Å². The van der Waals surface area contributed by atoms with Crippen LogP contribution in [0.5, 0.6) is 0 Å². The molecule has 0 aromatic carbocycles. The quantitative estimate of drug-likeness (QED) is 0.902. The van der Waals surface area contributed by atoms with Gasteiger partial charge in [-0.15, -0.1) is 0 Å². The van der Waals surface area contributed by atoms with Gasteiger partial charge in [-0.3, -0.25) is 4.79 Å². The third kappa shape index (κ3) is 4.89. The Kier molecular flexibility index (Phi) is 5.93. The average Bonchev–Trinajstić information content (AvgIpc) is 2.48. The molecule has 3 atom stereocenters. The van der Waals surface area contributed by atoms with Gasteiger partial charge in [0.25, 0.3) is 5.91 Å². The smallest absolute Gasteiger partial charge is 0.349 e. The van der Waals surface area contributed by atoms with Crippen LogP contribution in [0.3, 0.4) is 0 Å². The number of hydrogen-bond donors (Lipinski definition) is 1. The van der Waals surface area contributed by atoms with Gasteiger partial charge in [-0.1, -0.05) is 27.2 Å². The van der Waals surface area contributed by atoms with Crippen molar-refractivity contribution < 1.29 is 9.53 Å². The van der Waals surface area contributed by atoms with Gasteiger partial charge in [0.1, 0.15) is 12.4 Å². The Labute approximate surface area is 137 Å². The second kappa shape index (κ2) is 7.73. The molecule has 0 spiro atoms. The van der Waals surface area contributed by atoms with E-state index < -0.39 is 5.69 Å². The Morgan fingerprint density at radius 3 is 2.87 bits per heavy atom. The minimum absolute atomic E-state index is 0.00248. The number of hydrogen-bond acceptors (Lipinski definition) is 4. The molecular weight excluding hydrogens is 294 g/mol. The molecule has 1 aromatic rings. The van der Waals surface area contributed by atoms with Crippen molar-refractivity contribution in [2.75, 3.05) is 11.9 Å². The fourth-order valence-corrected chi connectivity index (χ4v) is 3.20. The summed E-state index contributed by atoms with van der Waals surface area (Å²) in [5, 5.41) is 2.62. The van der Waals surface area contributed by atoms with E-state index in [0.29, 0.717) is 17.8 Å². The summed E-state index contributed by atoms with van der Waals surface area (Å²) in [6.45, 7) is 6.65. The van der Waals surface area contributed by atoms with Gasteiger partial charge < -0.3 is 14.6 Å². The van der Waals surface area contributed by atoms with Gasteiger partial charge in [0.2, 0.25) is 0 Å². The zero-order valence-corrected chi connectivity index (χ0v) is 14.4. The highest BCUT2D eigenvalue weighted by molar-refractivity contribution is 5.90. The van der Waals surface area contributed by atoms with E-state index in [4.69, 9.17) is 4.74 Å². The molecule has 6 nitrogen and oxygen atoms in total. The molecule has 1 aliphatic rings. The van der Waals surface area contributed by atoms with Crippen LogP contribution in [0.1, 0.15) is 40.0 Å².